The van der Waals surface area contributed by atoms with E-state index in [9.17, 15) is 14.4 Å². The van der Waals surface area contributed by atoms with Gasteiger partial charge in [-0.15, -0.1) is 0 Å². The standard InChI is InChI=1S/C39H44N6O3/c40-38(47)35(26-29-15-17-30-11-7-8-12-31(30)25-29)43-39(48)41-32-18-19-36(45-23-21-44(22-24-45)33-13-5-2-6-14-33)34(27-32)42-37(46)20-16-28-9-3-1-4-10-28/h1,3-4,7-12,15-20,25,27,33,35H,2,5-6,13-14,21-24,26H2,(H2,40,47)(H,42,46)(H2,41,43,48)/b20-16+. The third kappa shape index (κ3) is 8.60. The molecule has 9 nitrogen and oxygen atoms in total. The van der Waals surface area contributed by atoms with Crippen LogP contribution in [-0.2, 0) is 16.0 Å². The molecular formula is C39H44N6O3. The lowest BCUT2D eigenvalue weighted by molar-refractivity contribution is -0.119. The van der Waals surface area contributed by atoms with Crippen molar-refractivity contribution >= 4 is 51.8 Å². The fraction of sp³-hybridized carbons (Fsp3) is 0.308. The molecule has 48 heavy (non-hydrogen) atoms. The van der Waals surface area contributed by atoms with Crippen molar-refractivity contribution in [3.8, 4) is 0 Å². The smallest absolute Gasteiger partial charge is 0.319 e. The number of rotatable bonds is 10. The Kier molecular flexibility index (Phi) is 10.7. The predicted octanol–water partition coefficient (Wildman–Crippen LogP) is 6.16. The molecule has 5 N–H and O–H groups in total. The zero-order valence-corrected chi connectivity index (χ0v) is 27.2. The van der Waals surface area contributed by atoms with Gasteiger partial charge in [-0.3, -0.25) is 14.5 Å². The molecule has 1 saturated carbocycles. The lowest BCUT2D eigenvalue weighted by Gasteiger charge is -2.42. The lowest BCUT2D eigenvalue weighted by atomic mass is 9.94. The number of hydrogen-bond acceptors (Lipinski definition) is 5. The number of carbonyl (C=O) groups is 3. The number of anilines is 3. The highest BCUT2D eigenvalue weighted by Crippen LogP contribution is 2.32. The van der Waals surface area contributed by atoms with E-state index in [1.807, 2.05) is 84.9 Å². The maximum absolute atomic E-state index is 13.2. The zero-order valence-electron chi connectivity index (χ0n) is 27.2. The maximum Gasteiger partial charge on any atom is 0.319 e. The molecule has 1 saturated heterocycles. The number of hydrogen-bond donors (Lipinski definition) is 4. The number of amides is 4. The lowest BCUT2D eigenvalue weighted by Crippen LogP contribution is -2.51. The first kappa shape index (κ1) is 32.8. The van der Waals surface area contributed by atoms with E-state index in [-0.39, 0.29) is 12.3 Å². The summed E-state index contributed by atoms with van der Waals surface area (Å²) < 4.78 is 0. The van der Waals surface area contributed by atoms with Crippen LogP contribution in [0, 0.1) is 0 Å². The molecule has 4 aromatic carbocycles. The second-order valence-electron chi connectivity index (χ2n) is 12.7. The average molecular weight is 645 g/mol. The third-order valence-electron chi connectivity index (χ3n) is 9.39. The van der Waals surface area contributed by atoms with Crippen LogP contribution in [0.4, 0.5) is 21.9 Å². The van der Waals surface area contributed by atoms with E-state index in [0.29, 0.717) is 17.4 Å². The van der Waals surface area contributed by atoms with Gasteiger partial charge < -0.3 is 26.6 Å². The van der Waals surface area contributed by atoms with Crippen LogP contribution >= 0.6 is 0 Å². The van der Waals surface area contributed by atoms with Gasteiger partial charge in [0.1, 0.15) is 6.04 Å². The van der Waals surface area contributed by atoms with E-state index in [2.05, 4.69) is 25.8 Å². The number of nitrogens with zero attached hydrogens (tertiary/aromatic N) is 2. The highest BCUT2D eigenvalue weighted by molar-refractivity contribution is 6.04. The highest BCUT2D eigenvalue weighted by Gasteiger charge is 2.26. The van der Waals surface area contributed by atoms with Crippen molar-refractivity contribution < 1.29 is 14.4 Å². The minimum atomic E-state index is -0.909. The average Bonchev–Trinajstić information content (AvgIpc) is 3.11. The minimum absolute atomic E-state index is 0.258. The van der Waals surface area contributed by atoms with Crippen molar-refractivity contribution in [1.29, 1.82) is 0 Å². The quantitative estimate of drug-likeness (QED) is 0.154. The summed E-state index contributed by atoms with van der Waals surface area (Å²) in [5.74, 6) is -0.897. The first-order valence-corrected chi connectivity index (χ1v) is 16.9. The summed E-state index contributed by atoms with van der Waals surface area (Å²) in [5.41, 5.74) is 9.50. The molecule has 1 aliphatic carbocycles. The van der Waals surface area contributed by atoms with Gasteiger partial charge in [-0.25, -0.2) is 4.79 Å². The van der Waals surface area contributed by atoms with E-state index in [1.165, 1.54) is 38.2 Å². The van der Waals surface area contributed by atoms with Gasteiger partial charge in [0.15, 0.2) is 0 Å². The highest BCUT2D eigenvalue weighted by atomic mass is 16.2. The molecule has 0 radical (unpaired) electrons. The van der Waals surface area contributed by atoms with Crippen molar-refractivity contribution in [1.82, 2.24) is 10.2 Å². The van der Waals surface area contributed by atoms with Crippen molar-refractivity contribution in [2.45, 2.75) is 50.6 Å². The molecule has 1 aliphatic heterocycles. The Morgan fingerprint density at radius 3 is 2.27 bits per heavy atom. The van der Waals surface area contributed by atoms with E-state index in [0.717, 1.165) is 53.8 Å². The van der Waals surface area contributed by atoms with Gasteiger partial charge >= 0.3 is 6.03 Å². The summed E-state index contributed by atoms with van der Waals surface area (Å²) in [5, 5.41) is 10.8. The monoisotopic (exact) mass is 644 g/mol. The Balaban J connectivity index is 1.15. The molecule has 0 aromatic heterocycles. The second kappa shape index (κ2) is 15.6. The summed E-state index contributed by atoms with van der Waals surface area (Å²) in [6.45, 7) is 3.64. The Morgan fingerprint density at radius 1 is 0.792 bits per heavy atom. The van der Waals surface area contributed by atoms with Crippen molar-refractivity contribution in [3.63, 3.8) is 0 Å². The molecule has 0 spiro atoms. The minimum Gasteiger partial charge on any atom is -0.368 e. The van der Waals surface area contributed by atoms with Gasteiger partial charge in [-0.1, -0.05) is 92.1 Å². The van der Waals surface area contributed by atoms with Gasteiger partial charge in [0, 0.05) is 50.4 Å². The van der Waals surface area contributed by atoms with Gasteiger partial charge in [-0.05, 0) is 59.0 Å². The fourth-order valence-corrected chi connectivity index (χ4v) is 6.82. The topological polar surface area (TPSA) is 120 Å². The molecule has 2 aliphatic rings. The molecule has 0 bridgehead atoms. The van der Waals surface area contributed by atoms with Crippen LogP contribution < -0.4 is 26.6 Å². The van der Waals surface area contributed by atoms with Crippen LogP contribution in [0.1, 0.15) is 43.2 Å². The zero-order chi connectivity index (χ0) is 33.3. The van der Waals surface area contributed by atoms with Gasteiger partial charge in [0.05, 0.1) is 11.4 Å². The van der Waals surface area contributed by atoms with Gasteiger partial charge in [0.2, 0.25) is 11.8 Å². The molecule has 2 fully saturated rings. The number of nitrogens with two attached hydrogens (primary N) is 1. The van der Waals surface area contributed by atoms with Crippen LogP contribution in [0.5, 0.6) is 0 Å². The van der Waals surface area contributed by atoms with E-state index in [4.69, 9.17) is 5.73 Å². The van der Waals surface area contributed by atoms with Crippen LogP contribution in [0.3, 0.4) is 0 Å². The normalized spacial score (nSPS) is 16.5. The maximum atomic E-state index is 13.2. The fourth-order valence-electron chi connectivity index (χ4n) is 6.82. The molecule has 1 unspecified atom stereocenters. The van der Waals surface area contributed by atoms with Gasteiger partial charge in [0.25, 0.3) is 0 Å². The van der Waals surface area contributed by atoms with E-state index >= 15 is 0 Å². The van der Waals surface area contributed by atoms with Crippen LogP contribution in [0.15, 0.2) is 97.1 Å². The molecule has 1 atom stereocenters. The first-order valence-electron chi connectivity index (χ1n) is 16.9. The van der Waals surface area contributed by atoms with Crippen molar-refractivity contribution in [2.24, 2.45) is 5.73 Å². The number of carbonyl (C=O) groups excluding carboxylic acids is 3. The summed E-state index contributed by atoms with van der Waals surface area (Å²) >= 11 is 0. The summed E-state index contributed by atoms with van der Waals surface area (Å²) in [6.07, 6.45) is 10.0. The van der Waals surface area contributed by atoms with Crippen molar-refractivity contribution in [3.05, 3.63) is 108 Å². The molecule has 248 valence electrons. The van der Waals surface area contributed by atoms with Crippen LogP contribution in [-0.4, -0.2) is 61.0 Å². The van der Waals surface area contributed by atoms with Crippen molar-refractivity contribution in [2.75, 3.05) is 41.7 Å². The SMILES string of the molecule is NC(=O)C(Cc1ccc2ccccc2c1)NC(=O)Nc1ccc(N2CCN(C3CCCCC3)CC2)c(NC(=O)/C=C/c2ccccc2)c1. The Bertz CT molecular complexity index is 1760. The van der Waals surface area contributed by atoms with E-state index < -0.39 is 18.0 Å². The molecule has 1 heterocycles. The molecular weight excluding hydrogens is 600 g/mol. The Labute approximate surface area is 282 Å². The summed E-state index contributed by atoms with van der Waals surface area (Å²) in [6, 6.07) is 28.3. The number of fused-ring (bicyclic) bond motifs is 1. The van der Waals surface area contributed by atoms with E-state index in [1.54, 1.807) is 12.1 Å². The van der Waals surface area contributed by atoms with Crippen LogP contribution in [0.25, 0.3) is 16.8 Å². The number of primary amides is 1. The summed E-state index contributed by atoms with van der Waals surface area (Å²) in [7, 11) is 0. The predicted molar refractivity (Wildman–Crippen MR) is 194 cm³/mol. The molecule has 6 rings (SSSR count). The number of nitrogens with one attached hydrogen (secondary N) is 3. The second-order valence-corrected chi connectivity index (χ2v) is 12.7. The molecule has 4 amide bonds. The number of piperazine rings is 1. The molecule has 9 heteroatoms. The summed E-state index contributed by atoms with van der Waals surface area (Å²) in [4.78, 5) is 43.5. The van der Waals surface area contributed by atoms with Gasteiger partial charge in [-0.2, -0.15) is 0 Å². The Hall–Kier alpha value is -5.15. The van der Waals surface area contributed by atoms with Crippen LogP contribution in [0.2, 0.25) is 0 Å². The first-order chi connectivity index (χ1) is 23.4. The molecule has 4 aromatic rings. The Morgan fingerprint density at radius 2 is 1.52 bits per heavy atom. The third-order valence-corrected chi connectivity index (χ3v) is 9.39. The number of urea groups is 1. The number of benzene rings is 4. The largest absolute Gasteiger partial charge is 0.368 e.